The lowest BCUT2D eigenvalue weighted by atomic mass is 10.1. The molecule has 0 aliphatic carbocycles. The van der Waals surface area contributed by atoms with Gasteiger partial charge in [0.1, 0.15) is 23.9 Å². The number of benzene rings is 6. The van der Waals surface area contributed by atoms with E-state index in [-0.39, 0.29) is 12.4 Å². The molecule has 0 bridgehead atoms. The van der Waals surface area contributed by atoms with Crippen molar-refractivity contribution in [3.63, 3.8) is 0 Å². The van der Waals surface area contributed by atoms with E-state index in [9.17, 15) is 4.39 Å². The van der Waals surface area contributed by atoms with Crippen molar-refractivity contribution >= 4 is 0 Å². The number of aliphatic hydroxyl groups excluding tert-OH is 1. The quantitative estimate of drug-likeness (QED) is 0.198. The number of rotatable bonds is 4. The van der Waals surface area contributed by atoms with Crippen molar-refractivity contribution in [1.29, 1.82) is 5.26 Å². The Morgan fingerprint density at radius 3 is 1.26 bits per heavy atom. The Morgan fingerprint density at radius 2 is 0.925 bits per heavy atom. The number of hydrogen-bond acceptors (Lipinski definition) is 4. The third-order valence-electron chi connectivity index (χ3n) is 7.22. The maximum absolute atomic E-state index is 12.7. The Bertz CT molecular complexity index is 1880. The van der Waals surface area contributed by atoms with Crippen LogP contribution in [0.4, 0.5) is 4.39 Å². The average Bonchev–Trinajstić information content (AvgIpc) is 3.14. The van der Waals surface area contributed by atoms with Crippen LogP contribution in [0.2, 0.25) is 0 Å². The van der Waals surface area contributed by atoms with Crippen LogP contribution in [0.1, 0.15) is 50.1 Å². The van der Waals surface area contributed by atoms with Crippen molar-refractivity contribution in [2.75, 3.05) is 20.3 Å². The molecule has 0 radical (unpaired) electrons. The van der Waals surface area contributed by atoms with Crippen LogP contribution < -0.4 is 9.47 Å². The Kier molecular flexibility index (Phi) is 23.1. The minimum Gasteiger partial charge on any atom is -0.497 e. The number of hydrogen-bond donors (Lipinski definition) is 1. The number of nitriles is 1. The van der Waals surface area contributed by atoms with Crippen LogP contribution in [0.5, 0.6) is 11.5 Å². The minimum atomic E-state index is -0.0856. The molecule has 6 aromatic carbocycles. The molecule has 0 amide bonds. The molecule has 0 heterocycles. The van der Waals surface area contributed by atoms with Crippen LogP contribution in [0.15, 0.2) is 146 Å². The maximum atomic E-state index is 12.7. The molecule has 1 N–H and O–H groups in total. The van der Waals surface area contributed by atoms with Gasteiger partial charge in [0.05, 0.1) is 25.3 Å². The van der Waals surface area contributed by atoms with Crippen LogP contribution in [0.25, 0.3) is 0 Å². The van der Waals surface area contributed by atoms with Crippen molar-refractivity contribution in [2.24, 2.45) is 0 Å². The van der Waals surface area contributed by atoms with Crippen LogP contribution in [-0.2, 0) is 0 Å². The Morgan fingerprint density at radius 1 is 0.509 bits per heavy atom. The summed E-state index contributed by atoms with van der Waals surface area (Å²) in [5.41, 5.74) is 9.70. The first-order chi connectivity index (χ1) is 25.4. The van der Waals surface area contributed by atoms with Crippen LogP contribution in [-0.4, -0.2) is 25.4 Å². The van der Waals surface area contributed by atoms with Gasteiger partial charge in [-0.1, -0.05) is 126 Å². The molecule has 0 aliphatic heterocycles. The lowest BCUT2D eigenvalue weighted by Crippen LogP contribution is -2.01. The normalized spacial score (nSPS) is 9.17. The molecular weight excluding hydrogens is 658 g/mol. The van der Waals surface area contributed by atoms with E-state index < -0.39 is 0 Å². The summed E-state index contributed by atoms with van der Waals surface area (Å²) in [5.74, 6) is 1.66. The monoisotopic (exact) mass is 713 g/mol. The number of aryl methyl sites for hydroxylation is 8. The second-order valence-corrected chi connectivity index (χ2v) is 12.4. The highest BCUT2D eigenvalue weighted by Crippen LogP contribution is 2.12. The predicted octanol–water partition coefficient (Wildman–Crippen LogP) is 12.0. The molecule has 0 aliphatic rings. The molecule has 6 aromatic rings. The zero-order valence-corrected chi connectivity index (χ0v) is 32.9. The first-order valence-corrected chi connectivity index (χ1v) is 17.5. The van der Waals surface area contributed by atoms with Gasteiger partial charge in [0.2, 0.25) is 0 Å². The fraction of sp³-hybridized carbons (Fsp3) is 0.229. The molecule has 0 spiro atoms. The fourth-order valence-corrected chi connectivity index (χ4v) is 4.46. The summed E-state index contributed by atoms with van der Waals surface area (Å²) in [6.45, 7) is 16.3. The van der Waals surface area contributed by atoms with Crippen molar-refractivity contribution < 1.29 is 19.0 Å². The smallest absolute Gasteiger partial charge is 0.129 e. The van der Waals surface area contributed by atoms with Gasteiger partial charge in [-0.05, 0) is 120 Å². The largest absolute Gasteiger partial charge is 0.497 e. The summed E-state index contributed by atoms with van der Waals surface area (Å²) in [7, 11) is 1.68. The lowest BCUT2D eigenvalue weighted by Gasteiger charge is -2.03. The zero-order chi connectivity index (χ0) is 39.4. The van der Waals surface area contributed by atoms with Gasteiger partial charge in [-0.15, -0.1) is 0 Å². The summed E-state index contributed by atoms with van der Waals surface area (Å²) in [4.78, 5) is 0. The third kappa shape index (κ3) is 22.0. The molecule has 278 valence electrons. The number of ether oxygens (including phenoxy) is 2. The van der Waals surface area contributed by atoms with Crippen molar-refractivity contribution in [3.8, 4) is 17.6 Å². The van der Waals surface area contributed by atoms with Crippen molar-refractivity contribution in [3.05, 3.63) is 201 Å². The summed E-state index contributed by atoms with van der Waals surface area (Å²) < 4.78 is 22.9. The average molecular weight is 714 g/mol. The fourth-order valence-electron chi connectivity index (χ4n) is 4.46. The van der Waals surface area contributed by atoms with Crippen molar-refractivity contribution in [2.45, 2.75) is 55.4 Å². The molecule has 5 heteroatoms. The summed E-state index contributed by atoms with van der Waals surface area (Å²) in [5, 5.41) is 16.9. The molecule has 0 atom stereocenters. The Hall–Kier alpha value is -5.70. The molecule has 4 nitrogen and oxygen atoms in total. The Balaban J connectivity index is 0.000000319. The number of halogens is 1. The second kappa shape index (κ2) is 27.0. The predicted molar refractivity (Wildman–Crippen MR) is 220 cm³/mol. The van der Waals surface area contributed by atoms with Gasteiger partial charge < -0.3 is 14.6 Å². The van der Waals surface area contributed by atoms with Gasteiger partial charge in [-0.2, -0.15) is 5.26 Å². The SMILES string of the molecule is COc1cccc(C)c1.Cc1cccc(C#N)c1.Cc1cccc(C)c1.Cc1cccc(C)c1F.Cc1cccc(OCCO)c1.Cc1ccccc1. The molecule has 6 rings (SSSR count). The summed E-state index contributed by atoms with van der Waals surface area (Å²) >= 11 is 0. The van der Waals surface area contributed by atoms with E-state index in [1.807, 2.05) is 112 Å². The maximum Gasteiger partial charge on any atom is 0.129 e. The number of nitrogens with zero attached hydrogens (tertiary/aromatic N) is 1. The molecular formula is C48H56FNO3. The standard InChI is InChI=1S/C9H12O2.C8H9F.C8H7N.C8H10O.C8H10.C7H8/c1-8-3-2-4-9(7-8)11-6-5-10;1-6-4-3-5-7(2)8(6)9;1-7-3-2-4-8(5-7)6-9;1-7-4-3-5-8(6-7)9-2;1-7-4-3-5-8(2)6-7;1-7-5-3-2-4-6-7/h2-4,7,10H,5-6H2,1H3;3-5H,1-2H3;2-5H,1H3;3-6H,1-2H3;3-6H,1-2H3;2-6H,1H3. The highest BCUT2D eigenvalue weighted by molar-refractivity contribution is 5.32. The summed E-state index contributed by atoms with van der Waals surface area (Å²) in [6, 6.07) is 49.4. The van der Waals surface area contributed by atoms with Gasteiger partial charge >= 0.3 is 0 Å². The van der Waals surface area contributed by atoms with Gasteiger partial charge in [-0.25, -0.2) is 4.39 Å². The highest BCUT2D eigenvalue weighted by Gasteiger charge is 1.97. The topological polar surface area (TPSA) is 62.5 Å². The zero-order valence-electron chi connectivity index (χ0n) is 32.9. The Labute approximate surface area is 318 Å². The van der Waals surface area contributed by atoms with Gasteiger partial charge in [-0.3, -0.25) is 0 Å². The van der Waals surface area contributed by atoms with E-state index >= 15 is 0 Å². The molecule has 0 fully saturated rings. The van der Waals surface area contributed by atoms with E-state index in [1.54, 1.807) is 39.2 Å². The molecule has 0 unspecified atom stereocenters. The van der Waals surface area contributed by atoms with E-state index in [0.717, 1.165) is 33.8 Å². The molecule has 0 saturated carbocycles. The molecule has 0 aromatic heterocycles. The van der Waals surface area contributed by atoms with Crippen LogP contribution in [0.3, 0.4) is 0 Å². The highest BCUT2D eigenvalue weighted by atomic mass is 19.1. The van der Waals surface area contributed by atoms with Crippen LogP contribution in [0, 0.1) is 72.5 Å². The van der Waals surface area contributed by atoms with Gasteiger partial charge in [0, 0.05) is 0 Å². The van der Waals surface area contributed by atoms with E-state index in [0.29, 0.717) is 6.61 Å². The van der Waals surface area contributed by atoms with E-state index in [4.69, 9.17) is 19.8 Å². The second-order valence-electron chi connectivity index (χ2n) is 12.4. The third-order valence-corrected chi connectivity index (χ3v) is 7.22. The van der Waals surface area contributed by atoms with Gasteiger partial charge in [0.25, 0.3) is 0 Å². The van der Waals surface area contributed by atoms with Gasteiger partial charge in [0.15, 0.2) is 0 Å². The molecule has 53 heavy (non-hydrogen) atoms. The number of methoxy groups -OCH3 is 1. The number of aliphatic hydroxyl groups is 1. The lowest BCUT2D eigenvalue weighted by molar-refractivity contribution is 0.201. The van der Waals surface area contributed by atoms with Crippen molar-refractivity contribution in [1.82, 2.24) is 0 Å². The first kappa shape index (κ1) is 45.3. The summed E-state index contributed by atoms with van der Waals surface area (Å²) in [6.07, 6.45) is 0. The van der Waals surface area contributed by atoms with E-state index in [1.165, 1.54) is 27.8 Å². The first-order valence-electron chi connectivity index (χ1n) is 17.5. The minimum absolute atomic E-state index is 0.0634. The molecule has 0 saturated heterocycles. The van der Waals surface area contributed by atoms with E-state index in [2.05, 4.69) is 63.2 Å². The van der Waals surface area contributed by atoms with Crippen LogP contribution >= 0.6 is 0 Å².